The van der Waals surface area contributed by atoms with Gasteiger partial charge in [-0.1, -0.05) is 0 Å². The Labute approximate surface area is 80.1 Å². The third-order valence-corrected chi connectivity index (χ3v) is 2.13. The molecule has 7 nitrogen and oxygen atoms in total. The van der Waals surface area contributed by atoms with Crippen LogP contribution in [0.25, 0.3) is 0 Å². The summed E-state index contributed by atoms with van der Waals surface area (Å²) in [7, 11) is 1.22. The highest BCUT2D eigenvalue weighted by molar-refractivity contribution is 4.89. The molecule has 1 heterocycles. The summed E-state index contributed by atoms with van der Waals surface area (Å²) in [5.41, 5.74) is 0. The fourth-order valence-corrected chi connectivity index (χ4v) is 1.31. The number of methoxy groups -OCH3 is 1. The molecule has 1 rings (SSSR count). The highest BCUT2D eigenvalue weighted by Gasteiger charge is 2.46. The molecule has 1 aliphatic heterocycles. The second-order valence-corrected chi connectivity index (χ2v) is 3.09. The van der Waals surface area contributed by atoms with Crippen LogP contribution in [0.15, 0.2) is 0 Å². The quantitative estimate of drug-likeness (QED) is 0.304. The van der Waals surface area contributed by atoms with Crippen LogP contribution in [0.3, 0.4) is 0 Å². The molecule has 0 saturated carbocycles. The van der Waals surface area contributed by atoms with E-state index < -0.39 is 37.0 Å². The van der Waals surface area contributed by atoms with Crippen LogP contribution in [0.2, 0.25) is 0 Å². The van der Waals surface area contributed by atoms with Gasteiger partial charge in [0.2, 0.25) is 0 Å². The summed E-state index contributed by atoms with van der Waals surface area (Å²) in [6.07, 6.45) is -9.09. The lowest BCUT2D eigenvalue weighted by molar-refractivity contribution is -0.323. The van der Waals surface area contributed by atoms with E-state index in [-0.39, 0.29) is 0 Å². The van der Waals surface area contributed by atoms with E-state index in [0.29, 0.717) is 0 Å². The normalized spacial score (nSPS) is 44.4. The maximum absolute atomic E-state index is 9.28. The molecule has 7 heteroatoms. The highest BCUT2D eigenvalue weighted by atomic mass is 16.7. The Kier molecular flexibility index (Phi) is 3.78. The van der Waals surface area contributed by atoms with E-state index >= 15 is 0 Å². The van der Waals surface area contributed by atoms with Crippen LogP contribution >= 0.6 is 0 Å². The molecule has 0 aromatic rings. The second kappa shape index (κ2) is 4.49. The number of rotatable bonds is 2. The fraction of sp³-hybridized carbons (Fsp3) is 1.00. The first-order chi connectivity index (χ1) is 6.49. The smallest absolute Gasteiger partial charge is 0.186 e. The molecule has 14 heavy (non-hydrogen) atoms. The fourth-order valence-electron chi connectivity index (χ4n) is 1.31. The van der Waals surface area contributed by atoms with Gasteiger partial charge in [0, 0.05) is 7.11 Å². The van der Waals surface area contributed by atoms with Crippen LogP contribution < -0.4 is 0 Å². The average molecular weight is 210 g/mol. The van der Waals surface area contributed by atoms with E-state index in [1.165, 1.54) is 7.11 Å². The van der Waals surface area contributed by atoms with Gasteiger partial charge in [0.1, 0.15) is 24.4 Å². The molecule has 1 fully saturated rings. The number of aliphatic hydroxyl groups excluding tert-OH is 4. The lowest BCUT2D eigenvalue weighted by Crippen LogP contribution is -2.61. The van der Waals surface area contributed by atoms with Crippen molar-refractivity contribution < 1.29 is 35.0 Å². The van der Waals surface area contributed by atoms with Gasteiger partial charge in [0.05, 0.1) is 0 Å². The van der Waals surface area contributed by atoms with E-state index in [4.69, 9.17) is 14.9 Å². The molecule has 0 spiro atoms. The lowest BCUT2D eigenvalue weighted by atomic mass is 9.98. The van der Waals surface area contributed by atoms with Gasteiger partial charge >= 0.3 is 0 Å². The number of aliphatic hydroxyl groups is 5. The molecule has 1 saturated heterocycles. The van der Waals surface area contributed by atoms with Crippen LogP contribution in [-0.2, 0) is 9.47 Å². The van der Waals surface area contributed by atoms with Crippen LogP contribution in [0.4, 0.5) is 0 Å². The molecule has 5 atom stereocenters. The third-order valence-electron chi connectivity index (χ3n) is 2.13. The van der Waals surface area contributed by atoms with Crippen LogP contribution in [0.5, 0.6) is 0 Å². The summed E-state index contributed by atoms with van der Waals surface area (Å²) < 4.78 is 9.45. The van der Waals surface area contributed by atoms with Crippen molar-refractivity contribution in [2.45, 2.75) is 37.0 Å². The summed E-state index contributed by atoms with van der Waals surface area (Å²) >= 11 is 0. The molecule has 84 valence electrons. The molecule has 0 unspecified atom stereocenters. The highest BCUT2D eigenvalue weighted by Crippen LogP contribution is 2.22. The topological polar surface area (TPSA) is 120 Å². The molecule has 0 aromatic heterocycles. The van der Waals surface area contributed by atoms with Gasteiger partial charge in [0.15, 0.2) is 12.6 Å². The maximum atomic E-state index is 9.28. The monoisotopic (exact) mass is 210 g/mol. The first-order valence-electron chi connectivity index (χ1n) is 4.07. The summed E-state index contributed by atoms with van der Waals surface area (Å²) in [6, 6.07) is 0. The molecular formula is C7H14O7. The van der Waals surface area contributed by atoms with Crippen LogP contribution in [0, 0.1) is 0 Å². The van der Waals surface area contributed by atoms with Crippen molar-refractivity contribution in [3.05, 3.63) is 0 Å². The molecule has 5 N–H and O–H groups in total. The standard InChI is InChI=1S/C7H14O7/c1-13-7-4(10)2(8)3(9)5(14-7)6(11)12/h2-12H,1H3/t2-,3-,4-,5-,7-/m0/s1. The zero-order valence-corrected chi connectivity index (χ0v) is 7.52. The van der Waals surface area contributed by atoms with Gasteiger partial charge in [0.25, 0.3) is 0 Å². The van der Waals surface area contributed by atoms with Crippen molar-refractivity contribution >= 4 is 0 Å². The van der Waals surface area contributed by atoms with Crippen molar-refractivity contribution in [2.24, 2.45) is 0 Å². The molecule has 0 bridgehead atoms. The van der Waals surface area contributed by atoms with Crippen LogP contribution in [0.1, 0.15) is 0 Å². The van der Waals surface area contributed by atoms with Gasteiger partial charge in [-0.25, -0.2) is 0 Å². The van der Waals surface area contributed by atoms with E-state index in [0.717, 1.165) is 0 Å². The van der Waals surface area contributed by atoms with Gasteiger partial charge in [-0.15, -0.1) is 0 Å². The Morgan fingerprint density at radius 1 is 1.07 bits per heavy atom. The third kappa shape index (κ3) is 2.04. The van der Waals surface area contributed by atoms with Crippen LogP contribution in [-0.4, -0.2) is 69.6 Å². The molecule has 1 aliphatic rings. The van der Waals surface area contributed by atoms with Crippen molar-refractivity contribution in [3.63, 3.8) is 0 Å². The lowest BCUT2D eigenvalue weighted by Gasteiger charge is -2.40. The summed E-state index contributed by atoms with van der Waals surface area (Å²) in [6.45, 7) is 0. The van der Waals surface area contributed by atoms with Gasteiger partial charge in [-0.3, -0.25) is 0 Å². The molecule has 0 radical (unpaired) electrons. The number of ether oxygens (including phenoxy) is 2. The number of hydrogen-bond donors (Lipinski definition) is 5. The van der Waals surface area contributed by atoms with E-state index in [9.17, 15) is 15.3 Å². The van der Waals surface area contributed by atoms with Gasteiger partial charge in [-0.05, 0) is 0 Å². The molecule has 0 aliphatic carbocycles. The van der Waals surface area contributed by atoms with Crippen molar-refractivity contribution in [1.82, 2.24) is 0 Å². The largest absolute Gasteiger partial charge is 0.387 e. The zero-order valence-electron chi connectivity index (χ0n) is 7.52. The predicted molar refractivity (Wildman–Crippen MR) is 41.9 cm³/mol. The SMILES string of the molecule is CO[C@H]1O[C@H](C(O)O)[C@@H](O)[C@H](O)[C@@H]1O. The molecular weight excluding hydrogens is 196 g/mol. The average Bonchev–Trinajstić information content (AvgIpc) is 2.14. The van der Waals surface area contributed by atoms with Crippen molar-refractivity contribution in [3.8, 4) is 0 Å². The Morgan fingerprint density at radius 2 is 1.64 bits per heavy atom. The van der Waals surface area contributed by atoms with Gasteiger partial charge in [-0.2, -0.15) is 0 Å². The Morgan fingerprint density at radius 3 is 2.07 bits per heavy atom. The van der Waals surface area contributed by atoms with Gasteiger partial charge < -0.3 is 35.0 Å². The minimum Gasteiger partial charge on any atom is -0.387 e. The van der Waals surface area contributed by atoms with Crippen molar-refractivity contribution in [1.29, 1.82) is 0 Å². The Bertz CT molecular complexity index is 183. The minimum atomic E-state index is -1.95. The first-order valence-corrected chi connectivity index (χ1v) is 4.07. The number of hydrogen-bond acceptors (Lipinski definition) is 7. The summed E-state index contributed by atoms with van der Waals surface area (Å²) in [5.74, 6) is 0. The van der Waals surface area contributed by atoms with E-state index in [1.54, 1.807) is 0 Å². The predicted octanol–water partition coefficient (Wildman–Crippen LogP) is -3.25. The van der Waals surface area contributed by atoms with Crippen molar-refractivity contribution in [2.75, 3.05) is 7.11 Å². The van der Waals surface area contributed by atoms with E-state index in [2.05, 4.69) is 4.74 Å². The summed E-state index contributed by atoms with van der Waals surface area (Å²) in [4.78, 5) is 0. The molecule has 0 aromatic carbocycles. The zero-order chi connectivity index (χ0) is 10.9. The first kappa shape index (κ1) is 11.8. The summed E-state index contributed by atoms with van der Waals surface area (Å²) in [5, 5.41) is 45.4. The molecule has 0 amide bonds. The Hall–Kier alpha value is -0.280. The second-order valence-electron chi connectivity index (χ2n) is 3.09. The maximum Gasteiger partial charge on any atom is 0.186 e. The van der Waals surface area contributed by atoms with E-state index in [1.807, 2.05) is 0 Å². The minimum absolute atomic E-state index is 1.19. The Balaban J connectivity index is 2.73.